The van der Waals surface area contributed by atoms with Crippen LogP contribution in [0.5, 0.6) is 5.75 Å². The van der Waals surface area contributed by atoms with E-state index in [2.05, 4.69) is 52.7 Å². The fourth-order valence-electron chi connectivity index (χ4n) is 6.44. The van der Waals surface area contributed by atoms with Crippen LogP contribution in [0.4, 0.5) is 15.8 Å². The van der Waals surface area contributed by atoms with Gasteiger partial charge in [-0.3, -0.25) is 9.59 Å². The molecule has 3 aromatic carbocycles. The first-order chi connectivity index (χ1) is 19.8. The summed E-state index contributed by atoms with van der Waals surface area (Å²) in [6, 6.07) is 13.1. The first-order valence-corrected chi connectivity index (χ1v) is 14.4. The second kappa shape index (κ2) is 10.8. The number of ether oxygens (including phenoxy) is 1. The van der Waals surface area contributed by atoms with E-state index in [9.17, 15) is 19.5 Å². The van der Waals surface area contributed by atoms with Gasteiger partial charge < -0.3 is 25.8 Å². The van der Waals surface area contributed by atoms with Crippen molar-refractivity contribution in [1.82, 2.24) is 5.32 Å². The number of carbonyl (C=O) groups excluding carboxylic acids is 2. The van der Waals surface area contributed by atoms with E-state index in [1.54, 1.807) is 25.1 Å². The summed E-state index contributed by atoms with van der Waals surface area (Å²) in [5.41, 5.74) is 0.670. The van der Waals surface area contributed by atoms with Crippen molar-refractivity contribution in [2.75, 3.05) is 17.7 Å². The highest BCUT2D eigenvalue weighted by Gasteiger charge is 2.66. The topological polar surface area (TPSA) is 117 Å². The van der Waals surface area contributed by atoms with Gasteiger partial charge in [0.05, 0.1) is 24.4 Å². The maximum Gasteiger partial charge on any atom is 0.335 e. The molecule has 2 aliphatic heterocycles. The van der Waals surface area contributed by atoms with Crippen molar-refractivity contribution in [2.24, 2.45) is 5.41 Å². The monoisotopic (exact) mass is 637 g/mol. The van der Waals surface area contributed by atoms with Crippen LogP contribution in [0, 0.1) is 18.2 Å². The van der Waals surface area contributed by atoms with Gasteiger partial charge in [-0.1, -0.05) is 61.0 Å². The van der Waals surface area contributed by atoms with Crippen molar-refractivity contribution >= 4 is 45.1 Å². The Bertz CT molecular complexity index is 1600. The third-order valence-corrected chi connectivity index (χ3v) is 8.66. The molecule has 2 unspecified atom stereocenters. The second-order valence-corrected chi connectivity index (χ2v) is 13.1. The number of amides is 2. The molecular formula is C32H33BrFN3O5. The summed E-state index contributed by atoms with van der Waals surface area (Å²) in [4.78, 5) is 40.0. The van der Waals surface area contributed by atoms with Crippen molar-refractivity contribution in [2.45, 2.75) is 57.5 Å². The van der Waals surface area contributed by atoms with E-state index >= 15 is 4.39 Å². The third-order valence-electron chi connectivity index (χ3n) is 8.17. The molecule has 0 saturated carbocycles. The van der Waals surface area contributed by atoms with Crippen molar-refractivity contribution < 1.29 is 28.6 Å². The van der Waals surface area contributed by atoms with E-state index in [1.165, 1.54) is 25.3 Å². The van der Waals surface area contributed by atoms with Gasteiger partial charge in [-0.25, -0.2) is 9.18 Å². The fraction of sp³-hybridized carbons (Fsp3) is 0.344. The lowest BCUT2D eigenvalue weighted by Crippen LogP contribution is -2.49. The molecule has 8 nitrogen and oxygen atoms in total. The Balaban J connectivity index is 1.70. The summed E-state index contributed by atoms with van der Waals surface area (Å²) < 4.78 is 22.2. The molecule has 1 fully saturated rings. The number of fused-ring (bicyclic) bond motifs is 2. The Hall–Kier alpha value is -3.76. The average molecular weight is 639 g/mol. The molecule has 4 N–H and O–H groups in total. The van der Waals surface area contributed by atoms with E-state index in [-0.39, 0.29) is 33.9 Å². The summed E-state index contributed by atoms with van der Waals surface area (Å²) >= 11 is 3.49. The normalized spacial score (nSPS) is 23.0. The number of anilines is 2. The van der Waals surface area contributed by atoms with Crippen molar-refractivity contribution in [3.63, 3.8) is 0 Å². The Kier molecular flexibility index (Phi) is 7.66. The Morgan fingerprint density at radius 2 is 1.88 bits per heavy atom. The number of benzene rings is 3. The minimum Gasteiger partial charge on any atom is -0.495 e. The Morgan fingerprint density at radius 1 is 1.14 bits per heavy atom. The highest BCUT2D eigenvalue weighted by atomic mass is 79.9. The minimum absolute atomic E-state index is 0.00172. The zero-order valence-corrected chi connectivity index (χ0v) is 25.6. The van der Waals surface area contributed by atoms with E-state index in [4.69, 9.17) is 4.74 Å². The summed E-state index contributed by atoms with van der Waals surface area (Å²) in [5.74, 6) is -3.17. The van der Waals surface area contributed by atoms with Crippen LogP contribution in [-0.2, 0) is 15.0 Å². The lowest BCUT2D eigenvalue weighted by Gasteiger charge is -2.37. The van der Waals surface area contributed by atoms with Crippen molar-refractivity contribution in [3.8, 4) is 5.75 Å². The molecule has 220 valence electrons. The molecule has 2 aliphatic rings. The number of methoxy groups -OCH3 is 1. The number of carbonyl (C=O) groups is 3. The number of hydrogen-bond acceptors (Lipinski definition) is 5. The van der Waals surface area contributed by atoms with Crippen molar-refractivity contribution in [1.29, 1.82) is 0 Å². The summed E-state index contributed by atoms with van der Waals surface area (Å²) in [6.45, 7) is 7.83. The lowest BCUT2D eigenvalue weighted by atomic mass is 9.62. The van der Waals surface area contributed by atoms with Gasteiger partial charge in [0.2, 0.25) is 11.8 Å². The molecular weight excluding hydrogens is 605 g/mol. The largest absolute Gasteiger partial charge is 0.495 e. The maximum atomic E-state index is 16.1. The molecule has 42 heavy (non-hydrogen) atoms. The Labute approximate surface area is 252 Å². The maximum absolute atomic E-state index is 16.1. The van der Waals surface area contributed by atoms with E-state index in [0.29, 0.717) is 23.2 Å². The van der Waals surface area contributed by atoms with Gasteiger partial charge in [-0.15, -0.1) is 0 Å². The number of carboxylic acids is 1. The molecule has 3 aromatic rings. The van der Waals surface area contributed by atoms with Crippen LogP contribution in [-0.4, -0.2) is 42.1 Å². The molecule has 10 heteroatoms. The van der Waals surface area contributed by atoms with Crippen LogP contribution < -0.4 is 20.7 Å². The van der Waals surface area contributed by atoms with E-state index < -0.39 is 41.1 Å². The number of aryl methyl sites for hydroxylation is 1. The van der Waals surface area contributed by atoms with Crippen LogP contribution in [0.15, 0.2) is 59.1 Å². The molecule has 2 amide bonds. The SMILES string of the molecule is COc1cc(C(=O)O)ccc1NC(=O)[C@@H]1NC(CC(C)(C)C)[C@@]2(C(=O)Nc3cc(Br)ccc32)C1c1cccc(C)c1F. The summed E-state index contributed by atoms with van der Waals surface area (Å²) in [7, 11) is 1.38. The van der Waals surface area contributed by atoms with Gasteiger partial charge in [0.25, 0.3) is 0 Å². The third kappa shape index (κ3) is 4.96. The molecule has 2 heterocycles. The minimum atomic E-state index is -1.31. The van der Waals surface area contributed by atoms with Crippen LogP contribution in [0.2, 0.25) is 0 Å². The van der Waals surface area contributed by atoms with Crippen LogP contribution in [0.3, 0.4) is 0 Å². The first-order valence-electron chi connectivity index (χ1n) is 13.6. The highest BCUT2D eigenvalue weighted by molar-refractivity contribution is 9.10. The number of rotatable bonds is 6. The second-order valence-electron chi connectivity index (χ2n) is 12.1. The zero-order valence-electron chi connectivity index (χ0n) is 24.0. The molecule has 0 aliphatic carbocycles. The van der Waals surface area contributed by atoms with Gasteiger partial charge in [0, 0.05) is 22.1 Å². The van der Waals surface area contributed by atoms with E-state index in [0.717, 1.165) is 4.47 Å². The molecule has 4 atom stereocenters. The van der Waals surface area contributed by atoms with Gasteiger partial charge in [-0.05, 0) is 65.8 Å². The number of halogens is 2. The van der Waals surface area contributed by atoms with E-state index in [1.807, 2.05) is 18.2 Å². The predicted octanol–water partition coefficient (Wildman–Crippen LogP) is 5.99. The highest BCUT2D eigenvalue weighted by Crippen LogP contribution is 2.57. The number of hydrogen-bond donors (Lipinski definition) is 4. The van der Waals surface area contributed by atoms with Crippen LogP contribution >= 0.6 is 15.9 Å². The molecule has 5 rings (SSSR count). The van der Waals surface area contributed by atoms with Gasteiger partial charge in [0.15, 0.2) is 0 Å². The number of carboxylic acid groups (broad SMARTS) is 1. The van der Waals surface area contributed by atoms with Gasteiger partial charge >= 0.3 is 5.97 Å². The fourth-order valence-corrected chi connectivity index (χ4v) is 6.80. The average Bonchev–Trinajstić information content (AvgIpc) is 3.39. The van der Waals surface area contributed by atoms with Gasteiger partial charge in [0.1, 0.15) is 17.0 Å². The standard InChI is InChI=1S/C32H33BrFN3O5/c1-16-7-6-8-19(26(16)34)25-27(28(38)35-21-12-9-17(29(39)40)13-23(21)42-5)37-24(15-31(2,3)4)32(25)20-11-10-18(33)14-22(20)36-30(32)41/h6-14,24-25,27,37H,15H2,1-5H3,(H,35,38)(H,36,41)(H,39,40)/t24?,25?,27-,32-/m1/s1. The molecule has 1 saturated heterocycles. The summed E-state index contributed by atoms with van der Waals surface area (Å²) in [6.07, 6.45) is 0.514. The first kappa shape index (κ1) is 29.7. The summed E-state index contributed by atoms with van der Waals surface area (Å²) in [5, 5.41) is 18.7. The number of nitrogens with one attached hydrogen (secondary N) is 3. The molecule has 0 radical (unpaired) electrons. The van der Waals surface area contributed by atoms with Gasteiger partial charge in [-0.2, -0.15) is 0 Å². The predicted molar refractivity (Wildman–Crippen MR) is 162 cm³/mol. The quantitative estimate of drug-likeness (QED) is 0.264. The molecule has 0 aromatic heterocycles. The van der Waals surface area contributed by atoms with Crippen molar-refractivity contribution in [3.05, 3.63) is 87.1 Å². The Morgan fingerprint density at radius 3 is 2.55 bits per heavy atom. The lowest BCUT2D eigenvalue weighted by molar-refractivity contribution is -0.122. The zero-order chi connectivity index (χ0) is 30.6. The molecule has 0 bridgehead atoms. The van der Waals surface area contributed by atoms with Crippen LogP contribution in [0.25, 0.3) is 0 Å². The molecule has 1 spiro atoms. The van der Waals surface area contributed by atoms with Crippen LogP contribution in [0.1, 0.15) is 60.2 Å². The smallest absolute Gasteiger partial charge is 0.335 e. The number of aromatic carboxylic acids is 1.